The van der Waals surface area contributed by atoms with E-state index in [1.165, 1.54) is 20.0 Å². The Morgan fingerprint density at radius 3 is 2.42 bits per heavy atom. The summed E-state index contributed by atoms with van der Waals surface area (Å²) in [4.78, 5) is 26.9. The third kappa shape index (κ3) is 5.41. The van der Waals surface area contributed by atoms with E-state index in [4.69, 9.17) is 18.9 Å². The first kappa shape index (κ1) is 23.0. The maximum atomic E-state index is 12.8. The monoisotopic (exact) mass is 453 g/mol. The molecular weight excluding hydrogens is 422 g/mol. The zero-order valence-corrected chi connectivity index (χ0v) is 19.2. The van der Waals surface area contributed by atoms with Gasteiger partial charge in [0.1, 0.15) is 6.61 Å². The molecule has 1 heterocycles. The zero-order valence-electron chi connectivity index (χ0n) is 19.2. The number of carbonyl (C=O) groups excluding carboxylic acids is 2. The molecule has 1 saturated heterocycles. The highest BCUT2D eigenvalue weighted by Crippen LogP contribution is 2.39. The maximum absolute atomic E-state index is 12.8. The molecule has 0 aromatic heterocycles. The molecule has 0 N–H and O–H groups in total. The fraction of sp³-hybridized carbons (Fsp3) is 0.462. The Kier molecular flexibility index (Phi) is 7.37. The van der Waals surface area contributed by atoms with E-state index in [0.29, 0.717) is 18.0 Å². The summed E-state index contributed by atoms with van der Waals surface area (Å²) in [7, 11) is 2.99. The molecule has 7 heteroatoms. The number of benzene rings is 2. The van der Waals surface area contributed by atoms with E-state index in [2.05, 4.69) is 0 Å². The Morgan fingerprint density at radius 2 is 1.73 bits per heavy atom. The molecule has 2 atom stereocenters. The molecule has 2 aromatic carbocycles. The number of rotatable bonds is 7. The Labute approximate surface area is 194 Å². The Hall–Kier alpha value is -3.22. The van der Waals surface area contributed by atoms with Crippen LogP contribution in [0.2, 0.25) is 0 Å². The predicted octanol–water partition coefficient (Wildman–Crippen LogP) is 4.54. The van der Waals surface area contributed by atoms with Gasteiger partial charge in [-0.1, -0.05) is 36.4 Å². The van der Waals surface area contributed by atoms with Crippen LogP contribution in [0.15, 0.2) is 48.5 Å². The minimum atomic E-state index is -0.480. The number of ether oxygens (including phenoxy) is 4. The number of methoxy groups -OCH3 is 2. The van der Waals surface area contributed by atoms with Gasteiger partial charge in [-0.2, -0.15) is 0 Å². The fourth-order valence-corrected chi connectivity index (χ4v) is 4.69. The highest BCUT2D eigenvalue weighted by atomic mass is 16.6. The van der Waals surface area contributed by atoms with Gasteiger partial charge in [0.25, 0.3) is 0 Å². The smallest absolute Gasteiger partial charge is 0.410 e. The van der Waals surface area contributed by atoms with Gasteiger partial charge < -0.3 is 23.8 Å². The van der Waals surface area contributed by atoms with E-state index < -0.39 is 12.0 Å². The van der Waals surface area contributed by atoms with Gasteiger partial charge in [-0.3, -0.25) is 4.79 Å². The lowest BCUT2D eigenvalue weighted by atomic mass is 9.89. The van der Waals surface area contributed by atoms with Gasteiger partial charge in [0.05, 0.1) is 26.2 Å². The summed E-state index contributed by atoms with van der Waals surface area (Å²) < 4.78 is 22.3. The number of likely N-dealkylation sites (tertiary alicyclic amines) is 1. The molecule has 2 aromatic rings. The van der Waals surface area contributed by atoms with Gasteiger partial charge in [0, 0.05) is 19.0 Å². The summed E-state index contributed by atoms with van der Waals surface area (Å²) in [6.45, 7) is 0.796. The third-order valence-electron chi connectivity index (χ3n) is 6.50. The standard InChI is InChI=1S/C26H31NO6/c1-30-23-13-12-19(14-24(23)33-20-10-6-7-11-20)21-15-27(16-22(21)25(28)31-2)26(29)32-17-18-8-4-3-5-9-18/h3-5,8-9,12-14,20-22H,6-7,10-11,15-17H2,1-2H3/t21-,22+/m1/s1. The van der Waals surface area contributed by atoms with E-state index in [9.17, 15) is 9.59 Å². The number of hydrogen-bond donors (Lipinski definition) is 0. The molecule has 0 unspecified atom stereocenters. The topological polar surface area (TPSA) is 74.3 Å². The van der Waals surface area contributed by atoms with Crippen LogP contribution < -0.4 is 9.47 Å². The molecule has 176 valence electrons. The van der Waals surface area contributed by atoms with Gasteiger partial charge in [0.2, 0.25) is 0 Å². The second kappa shape index (κ2) is 10.6. The Balaban J connectivity index is 1.51. The van der Waals surface area contributed by atoms with Crippen LogP contribution in [0.3, 0.4) is 0 Å². The molecular formula is C26H31NO6. The first-order valence-corrected chi connectivity index (χ1v) is 11.5. The highest BCUT2D eigenvalue weighted by Gasteiger charge is 2.42. The van der Waals surface area contributed by atoms with E-state index >= 15 is 0 Å². The minimum absolute atomic E-state index is 0.179. The van der Waals surface area contributed by atoms with Crippen molar-refractivity contribution in [2.24, 2.45) is 5.92 Å². The van der Waals surface area contributed by atoms with Crippen LogP contribution in [0.5, 0.6) is 11.5 Å². The van der Waals surface area contributed by atoms with Crippen LogP contribution in [0.25, 0.3) is 0 Å². The molecule has 2 aliphatic rings. The lowest BCUT2D eigenvalue weighted by Crippen LogP contribution is -2.30. The molecule has 0 spiro atoms. The molecule has 7 nitrogen and oxygen atoms in total. The van der Waals surface area contributed by atoms with Crippen LogP contribution in [-0.4, -0.2) is 50.4 Å². The largest absolute Gasteiger partial charge is 0.493 e. The Bertz CT molecular complexity index is 957. The molecule has 1 saturated carbocycles. The quantitative estimate of drug-likeness (QED) is 0.573. The molecule has 1 amide bonds. The highest BCUT2D eigenvalue weighted by molar-refractivity contribution is 5.77. The van der Waals surface area contributed by atoms with E-state index in [0.717, 1.165) is 24.0 Å². The molecule has 1 aliphatic heterocycles. The van der Waals surface area contributed by atoms with Crippen LogP contribution in [0.4, 0.5) is 4.79 Å². The number of carbonyl (C=O) groups is 2. The average molecular weight is 454 g/mol. The van der Waals surface area contributed by atoms with Crippen LogP contribution >= 0.6 is 0 Å². The SMILES string of the molecule is COC(=O)[C@H]1CN(C(=O)OCc2ccccc2)C[C@@H]1c1ccc(OC)c(OC2CCCC2)c1. The average Bonchev–Trinajstić information content (AvgIpc) is 3.53. The van der Waals surface area contributed by atoms with Gasteiger partial charge in [-0.15, -0.1) is 0 Å². The fourth-order valence-electron chi connectivity index (χ4n) is 4.69. The summed E-state index contributed by atoms with van der Waals surface area (Å²) in [6.07, 6.45) is 4.13. The van der Waals surface area contributed by atoms with Crippen molar-refractivity contribution in [1.29, 1.82) is 0 Å². The first-order valence-electron chi connectivity index (χ1n) is 11.5. The molecule has 4 rings (SSSR count). The molecule has 1 aliphatic carbocycles. The van der Waals surface area contributed by atoms with Crippen molar-refractivity contribution < 1.29 is 28.5 Å². The van der Waals surface area contributed by atoms with Crippen LogP contribution in [0.1, 0.15) is 42.7 Å². The van der Waals surface area contributed by atoms with E-state index in [-0.39, 0.29) is 31.1 Å². The molecule has 2 fully saturated rings. The minimum Gasteiger partial charge on any atom is -0.493 e. The van der Waals surface area contributed by atoms with Gasteiger partial charge >= 0.3 is 12.1 Å². The van der Waals surface area contributed by atoms with E-state index in [1.807, 2.05) is 48.5 Å². The summed E-state index contributed by atoms with van der Waals surface area (Å²) in [5.74, 6) is 0.297. The number of hydrogen-bond acceptors (Lipinski definition) is 6. The summed E-state index contributed by atoms with van der Waals surface area (Å²) >= 11 is 0. The number of amides is 1. The number of nitrogens with zero attached hydrogens (tertiary/aromatic N) is 1. The first-order chi connectivity index (χ1) is 16.1. The third-order valence-corrected chi connectivity index (χ3v) is 6.50. The molecule has 0 radical (unpaired) electrons. The lowest BCUT2D eigenvalue weighted by Gasteiger charge is -2.20. The summed E-state index contributed by atoms with van der Waals surface area (Å²) in [6, 6.07) is 15.3. The van der Waals surface area contributed by atoms with Crippen LogP contribution in [0, 0.1) is 5.92 Å². The zero-order chi connectivity index (χ0) is 23.2. The van der Waals surface area contributed by atoms with Gasteiger partial charge in [-0.05, 0) is 48.9 Å². The summed E-state index contributed by atoms with van der Waals surface area (Å²) in [5, 5.41) is 0. The van der Waals surface area contributed by atoms with E-state index in [1.54, 1.807) is 12.0 Å². The van der Waals surface area contributed by atoms with Crippen molar-refractivity contribution in [3.05, 3.63) is 59.7 Å². The van der Waals surface area contributed by atoms with Gasteiger partial charge in [-0.25, -0.2) is 4.79 Å². The second-order valence-electron chi connectivity index (χ2n) is 8.62. The molecule has 33 heavy (non-hydrogen) atoms. The predicted molar refractivity (Wildman–Crippen MR) is 122 cm³/mol. The van der Waals surface area contributed by atoms with Crippen molar-refractivity contribution >= 4 is 12.1 Å². The van der Waals surface area contributed by atoms with Crippen molar-refractivity contribution in [3.63, 3.8) is 0 Å². The van der Waals surface area contributed by atoms with Crippen molar-refractivity contribution in [1.82, 2.24) is 4.90 Å². The Morgan fingerprint density at radius 1 is 0.970 bits per heavy atom. The van der Waals surface area contributed by atoms with Crippen molar-refractivity contribution in [2.75, 3.05) is 27.3 Å². The van der Waals surface area contributed by atoms with Crippen molar-refractivity contribution in [3.8, 4) is 11.5 Å². The maximum Gasteiger partial charge on any atom is 0.410 e. The van der Waals surface area contributed by atoms with Crippen LogP contribution in [-0.2, 0) is 20.9 Å². The lowest BCUT2D eigenvalue weighted by molar-refractivity contribution is -0.145. The summed E-state index contributed by atoms with van der Waals surface area (Å²) in [5.41, 5.74) is 1.83. The number of esters is 1. The van der Waals surface area contributed by atoms with Gasteiger partial charge in [0.15, 0.2) is 11.5 Å². The normalized spacial score (nSPS) is 20.5. The second-order valence-corrected chi connectivity index (χ2v) is 8.62. The van der Waals surface area contributed by atoms with Crippen molar-refractivity contribution in [2.45, 2.75) is 44.3 Å². The molecule has 0 bridgehead atoms.